The van der Waals surface area contributed by atoms with Gasteiger partial charge in [0.1, 0.15) is 11.5 Å². The number of ether oxygens (including phenoxy) is 1. The fourth-order valence-corrected chi connectivity index (χ4v) is 2.26. The van der Waals surface area contributed by atoms with E-state index < -0.39 is 0 Å². The highest BCUT2D eigenvalue weighted by atomic mass is 16.5. The van der Waals surface area contributed by atoms with E-state index in [1.54, 1.807) is 7.11 Å². The van der Waals surface area contributed by atoms with Gasteiger partial charge in [-0.3, -0.25) is 0 Å². The number of aryl methyl sites for hydroxylation is 1. The van der Waals surface area contributed by atoms with Gasteiger partial charge in [0.15, 0.2) is 0 Å². The van der Waals surface area contributed by atoms with Crippen molar-refractivity contribution in [2.75, 3.05) is 7.11 Å². The van der Waals surface area contributed by atoms with Gasteiger partial charge in [0.25, 0.3) is 0 Å². The summed E-state index contributed by atoms with van der Waals surface area (Å²) in [4.78, 5) is 4.55. The summed E-state index contributed by atoms with van der Waals surface area (Å²) in [5.74, 6) is 2.45. The van der Waals surface area contributed by atoms with Crippen LogP contribution in [0.2, 0.25) is 0 Å². The summed E-state index contributed by atoms with van der Waals surface area (Å²) in [5.41, 5.74) is 7.96. The first-order chi connectivity index (χ1) is 8.76. The zero-order valence-corrected chi connectivity index (χ0v) is 10.3. The maximum absolute atomic E-state index is 5.93. The fraction of sp³-hybridized carbons (Fsp3) is 0.357. The third-order valence-corrected chi connectivity index (χ3v) is 3.31. The van der Waals surface area contributed by atoms with Gasteiger partial charge in [-0.05, 0) is 37.1 Å². The van der Waals surface area contributed by atoms with E-state index in [2.05, 4.69) is 4.98 Å². The second-order valence-corrected chi connectivity index (χ2v) is 4.62. The zero-order valence-electron chi connectivity index (χ0n) is 10.3. The van der Waals surface area contributed by atoms with Crippen LogP contribution >= 0.6 is 0 Å². The fourth-order valence-electron chi connectivity index (χ4n) is 2.26. The largest absolute Gasteiger partial charge is 0.497 e. The Labute approximate surface area is 106 Å². The zero-order chi connectivity index (χ0) is 12.5. The molecular weight excluding hydrogens is 228 g/mol. The van der Waals surface area contributed by atoms with Gasteiger partial charge < -0.3 is 14.9 Å². The maximum atomic E-state index is 5.93. The quantitative estimate of drug-likeness (QED) is 0.879. The molecule has 1 aliphatic carbocycles. The van der Waals surface area contributed by atoms with Crippen LogP contribution in [0.15, 0.2) is 28.7 Å². The van der Waals surface area contributed by atoms with Crippen molar-refractivity contribution in [3.05, 3.63) is 35.7 Å². The number of rotatable bonds is 2. The van der Waals surface area contributed by atoms with Crippen LogP contribution in [0.1, 0.15) is 17.9 Å². The molecule has 18 heavy (non-hydrogen) atoms. The van der Waals surface area contributed by atoms with Crippen molar-refractivity contribution in [3.63, 3.8) is 0 Å². The Kier molecular flexibility index (Phi) is 2.80. The average Bonchev–Trinajstić information content (AvgIpc) is 2.81. The lowest BCUT2D eigenvalue weighted by atomic mass is 9.98. The molecular formula is C14H16N2O2. The van der Waals surface area contributed by atoms with Crippen LogP contribution in [-0.2, 0) is 12.8 Å². The molecule has 1 heterocycles. The van der Waals surface area contributed by atoms with Gasteiger partial charge >= 0.3 is 0 Å². The summed E-state index contributed by atoms with van der Waals surface area (Å²) in [6.07, 6.45) is 2.69. The van der Waals surface area contributed by atoms with Crippen molar-refractivity contribution in [1.82, 2.24) is 4.98 Å². The number of oxazole rings is 1. The number of methoxy groups -OCH3 is 1. The standard InChI is InChI=1S/C14H16N2O2/c1-17-11-5-2-9(3-6-11)14-16-12-7-4-10(15)8-13(12)18-14/h2-3,5-6,10H,4,7-8,15H2,1H3. The van der Waals surface area contributed by atoms with Gasteiger partial charge in [-0.25, -0.2) is 4.98 Å². The number of aromatic nitrogens is 1. The van der Waals surface area contributed by atoms with Gasteiger partial charge in [0.2, 0.25) is 5.89 Å². The van der Waals surface area contributed by atoms with Crippen LogP contribution in [0.3, 0.4) is 0 Å². The van der Waals surface area contributed by atoms with Crippen molar-refractivity contribution < 1.29 is 9.15 Å². The predicted molar refractivity (Wildman–Crippen MR) is 68.5 cm³/mol. The van der Waals surface area contributed by atoms with Gasteiger partial charge in [-0.1, -0.05) is 0 Å². The van der Waals surface area contributed by atoms with Crippen molar-refractivity contribution in [2.45, 2.75) is 25.3 Å². The van der Waals surface area contributed by atoms with E-state index in [0.717, 1.165) is 42.0 Å². The van der Waals surface area contributed by atoms with Crippen LogP contribution in [0.25, 0.3) is 11.5 Å². The van der Waals surface area contributed by atoms with Crippen LogP contribution in [-0.4, -0.2) is 18.1 Å². The first-order valence-corrected chi connectivity index (χ1v) is 6.15. The topological polar surface area (TPSA) is 61.3 Å². The first-order valence-electron chi connectivity index (χ1n) is 6.15. The summed E-state index contributed by atoms with van der Waals surface area (Å²) < 4.78 is 10.9. The monoisotopic (exact) mass is 244 g/mol. The Morgan fingerprint density at radius 1 is 1.33 bits per heavy atom. The molecule has 2 N–H and O–H groups in total. The number of nitrogens with zero attached hydrogens (tertiary/aromatic N) is 1. The van der Waals surface area contributed by atoms with E-state index in [1.165, 1.54) is 0 Å². The molecule has 1 aromatic heterocycles. The summed E-state index contributed by atoms with van der Waals surface area (Å²) in [6, 6.07) is 7.93. The molecule has 0 radical (unpaired) electrons. The highest BCUT2D eigenvalue weighted by molar-refractivity contribution is 5.55. The number of nitrogens with two attached hydrogens (primary N) is 1. The molecule has 0 saturated heterocycles. The molecule has 0 aliphatic heterocycles. The minimum absolute atomic E-state index is 0.203. The molecule has 1 unspecified atom stereocenters. The van der Waals surface area contributed by atoms with Gasteiger partial charge in [0, 0.05) is 18.0 Å². The maximum Gasteiger partial charge on any atom is 0.226 e. The molecule has 2 aromatic rings. The van der Waals surface area contributed by atoms with Crippen LogP contribution in [0.4, 0.5) is 0 Å². The van der Waals surface area contributed by atoms with Gasteiger partial charge in [0.05, 0.1) is 12.8 Å². The number of benzene rings is 1. The molecule has 0 spiro atoms. The van der Waals surface area contributed by atoms with Crippen molar-refractivity contribution >= 4 is 0 Å². The summed E-state index contributed by atoms with van der Waals surface area (Å²) in [5, 5.41) is 0. The molecule has 4 nitrogen and oxygen atoms in total. The summed E-state index contributed by atoms with van der Waals surface area (Å²) >= 11 is 0. The normalized spacial score (nSPS) is 18.4. The van der Waals surface area contributed by atoms with E-state index in [4.69, 9.17) is 14.9 Å². The molecule has 0 fully saturated rings. The molecule has 1 aliphatic rings. The van der Waals surface area contributed by atoms with Crippen molar-refractivity contribution in [2.24, 2.45) is 5.73 Å². The van der Waals surface area contributed by atoms with E-state index in [9.17, 15) is 0 Å². The number of hydrogen-bond donors (Lipinski definition) is 1. The second kappa shape index (κ2) is 4.46. The van der Waals surface area contributed by atoms with Crippen molar-refractivity contribution in [1.29, 1.82) is 0 Å². The highest BCUT2D eigenvalue weighted by Gasteiger charge is 2.22. The Balaban J connectivity index is 1.92. The smallest absolute Gasteiger partial charge is 0.226 e. The molecule has 94 valence electrons. The van der Waals surface area contributed by atoms with E-state index in [0.29, 0.717) is 5.89 Å². The third kappa shape index (κ3) is 1.99. The van der Waals surface area contributed by atoms with Gasteiger partial charge in [-0.15, -0.1) is 0 Å². The van der Waals surface area contributed by atoms with Gasteiger partial charge in [-0.2, -0.15) is 0 Å². The summed E-state index contributed by atoms with van der Waals surface area (Å²) in [7, 11) is 1.65. The lowest BCUT2D eigenvalue weighted by molar-refractivity contribution is 0.414. The van der Waals surface area contributed by atoms with E-state index in [-0.39, 0.29) is 6.04 Å². The van der Waals surface area contributed by atoms with Crippen LogP contribution < -0.4 is 10.5 Å². The first kappa shape index (κ1) is 11.3. The predicted octanol–water partition coefficient (Wildman–Crippen LogP) is 2.17. The van der Waals surface area contributed by atoms with Crippen molar-refractivity contribution in [3.8, 4) is 17.2 Å². The Morgan fingerprint density at radius 2 is 2.11 bits per heavy atom. The van der Waals surface area contributed by atoms with E-state index in [1.807, 2.05) is 24.3 Å². The lowest BCUT2D eigenvalue weighted by Crippen LogP contribution is -2.27. The summed E-state index contributed by atoms with van der Waals surface area (Å²) in [6.45, 7) is 0. The molecule has 1 atom stereocenters. The lowest BCUT2D eigenvalue weighted by Gasteiger charge is -2.14. The third-order valence-electron chi connectivity index (χ3n) is 3.31. The Hall–Kier alpha value is -1.81. The number of hydrogen-bond acceptors (Lipinski definition) is 4. The van der Waals surface area contributed by atoms with E-state index >= 15 is 0 Å². The minimum atomic E-state index is 0.203. The molecule has 4 heteroatoms. The molecule has 0 amide bonds. The average molecular weight is 244 g/mol. The second-order valence-electron chi connectivity index (χ2n) is 4.62. The molecule has 0 saturated carbocycles. The number of fused-ring (bicyclic) bond motifs is 1. The van der Waals surface area contributed by atoms with Crippen LogP contribution in [0, 0.1) is 0 Å². The Bertz CT molecular complexity index is 545. The molecule has 3 rings (SSSR count). The highest BCUT2D eigenvalue weighted by Crippen LogP contribution is 2.28. The van der Waals surface area contributed by atoms with Crippen LogP contribution in [0.5, 0.6) is 5.75 Å². The minimum Gasteiger partial charge on any atom is -0.497 e. The SMILES string of the molecule is COc1ccc(-c2nc3c(o2)CC(N)CC3)cc1. The molecule has 0 bridgehead atoms. The Morgan fingerprint density at radius 3 is 2.83 bits per heavy atom. The molecule has 1 aromatic carbocycles.